The van der Waals surface area contributed by atoms with Crippen LogP contribution in [0, 0.1) is 0 Å². The number of hydrogen-bond acceptors (Lipinski definition) is 5. The number of carbonyl (C=O) groups excluding carboxylic acids is 2. The summed E-state index contributed by atoms with van der Waals surface area (Å²) in [7, 11) is 0. The highest BCUT2D eigenvalue weighted by Gasteiger charge is 2.20. The lowest BCUT2D eigenvalue weighted by molar-refractivity contribution is -0.143. The molecule has 2 unspecified atom stereocenters. The molecule has 0 heterocycles. The Morgan fingerprint density at radius 1 is 0.308 bits per heavy atom. The van der Waals surface area contributed by atoms with Crippen LogP contribution in [0.4, 0.5) is 0 Å². The third-order valence-corrected chi connectivity index (χ3v) is 19.7. The first-order valence-electron chi connectivity index (χ1n) is 41.7. The van der Waals surface area contributed by atoms with E-state index in [0.29, 0.717) is 25.9 Å². The highest BCUT2D eigenvalue weighted by atomic mass is 16.5. The van der Waals surface area contributed by atoms with Gasteiger partial charge in [-0.05, 0) is 83.5 Å². The summed E-state index contributed by atoms with van der Waals surface area (Å²) in [6.07, 6.45) is 105. The van der Waals surface area contributed by atoms with Gasteiger partial charge in [-0.1, -0.05) is 410 Å². The summed E-state index contributed by atoms with van der Waals surface area (Å²) in [5.41, 5.74) is 0. The Balaban J connectivity index is 3.33. The molecule has 0 radical (unpaired) electrons. The number of allylic oxidation sites excluding steroid dienone is 6. The maximum Gasteiger partial charge on any atom is 0.305 e. The van der Waals surface area contributed by atoms with Crippen LogP contribution in [0.2, 0.25) is 0 Å². The van der Waals surface area contributed by atoms with Crippen molar-refractivity contribution in [3.63, 3.8) is 0 Å². The second-order valence-corrected chi connectivity index (χ2v) is 28.8. The molecule has 91 heavy (non-hydrogen) atoms. The van der Waals surface area contributed by atoms with Gasteiger partial charge in [0.25, 0.3) is 0 Å². The Kier molecular flexibility index (Phi) is 78.8. The average Bonchev–Trinajstić information content (AvgIpc) is 3.74. The molecule has 6 heteroatoms. The molecule has 0 aromatic heterocycles. The maximum absolute atomic E-state index is 12.6. The summed E-state index contributed by atoms with van der Waals surface area (Å²) in [6.45, 7) is 4.98. The first-order chi connectivity index (χ1) is 45.0. The molecular formula is C85H163NO5. The predicted octanol–water partition coefficient (Wildman–Crippen LogP) is 27.8. The van der Waals surface area contributed by atoms with E-state index in [1.807, 2.05) is 0 Å². The smallest absolute Gasteiger partial charge is 0.305 e. The molecule has 0 aromatic carbocycles. The fourth-order valence-corrected chi connectivity index (χ4v) is 13.3. The lowest BCUT2D eigenvalue weighted by Gasteiger charge is -2.22. The summed E-state index contributed by atoms with van der Waals surface area (Å²) in [6, 6.07) is -0.540. The molecule has 0 aliphatic heterocycles. The van der Waals surface area contributed by atoms with Gasteiger partial charge in [0.1, 0.15) is 0 Å². The zero-order chi connectivity index (χ0) is 65.6. The second kappa shape index (κ2) is 80.5. The van der Waals surface area contributed by atoms with Crippen LogP contribution >= 0.6 is 0 Å². The summed E-state index contributed by atoms with van der Waals surface area (Å²) >= 11 is 0. The van der Waals surface area contributed by atoms with Crippen LogP contribution in [-0.2, 0) is 14.3 Å². The standard InChI is InChI=1S/C85H163NO5/c1-3-5-7-9-11-13-15-17-19-21-23-42-45-49-53-57-61-65-69-73-77-83(88)82(81-87)86-84(89)78-74-70-66-62-58-54-50-46-43-39-37-35-33-31-29-27-25-24-26-28-30-32-34-36-38-40-44-48-52-56-60-64-68-72-76-80-91-85(90)79-75-71-67-63-59-55-51-47-41-22-20-18-16-14-12-10-8-6-4-2/h12,14,18,20,26,28,82-83,87-88H,3-11,13,15-17,19,21-25,27,29-81H2,1-2H3,(H,86,89)/b14-12-,20-18-,28-26-. The molecule has 0 saturated carbocycles. The van der Waals surface area contributed by atoms with Crippen LogP contribution in [0.3, 0.4) is 0 Å². The van der Waals surface area contributed by atoms with E-state index >= 15 is 0 Å². The van der Waals surface area contributed by atoms with Gasteiger partial charge in [-0.25, -0.2) is 0 Å². The number of ether oxygens (including phenoxy) is 1. The molecule has 2 atom stereocenters. The number of esters is 1. The fraction of sp³-hybridized carbons (Fsp3) is 0.906. The Labute approximate surface area is 570 Å². The van der Waals surface area contributed by atoms with Crippen LogP contribution in [0.25, 0.3) is 0 Å². The molecule has 6 nitrogen and oxygen atoms in total. The molecule has 0 aliphatic carbocycles. The Morgan fingerprint density at radius 3 is 0.868 bits per heavy atom. The number of nitrogens with one attached hydrogen (secondary N) is 1. The summed E-state index contributed by atoms with van der Waals surface area (Å²) in [5, 5.41) is 23.5. The molecule has 1 amide bonds. The predicted molar refractivity (Wildman–Crippen MR) is 403 cm³/mol. The fourth-order valence-electron chi connectivity index (χ4n) is 13.3. The van der Waals surface area contributed by atoms with Crippen molar-refractivity contribution in [2.24, 2.45) is 0 Å². The molecule has 538 valence electrons. The van der Waals surface area contributed by atoms with Crippen molar-refractivity contribution in [2.75, 3.05) is 13.2 Å². The molecule has 0 rings (SSSR count). The Hall–Kier alpha value is -1.92. The van der Waals surface area contributed by atoms with Gasteiger partial charge in [0, 0.05) is 12.8 Å². The lowest BCUT2D eigenvalue weighted by atomic mass is 10.0. The molecule has 0 spiro atoms. The van der Waals surface area contributed by atoms with Crippen molar-refractivity contribution in [3.8, 4) is 0 Å². The highest BCUT2D eigenvalue weighted by Crippen LogP contribution is 2.20. The topological polar surface area (TPSA) is 95.9 Å². The van der Waals surface area contributed by atoms with Crippen LogP contribution in [-0.4, -0.2) is 47.4 Å². The molecular weight excluding hydrogens is 1110 g/mol. The lowest BCUT2D eigenvalue weighted by Crippen LogP contribution is -2.45. The first-order valence-corrected chi connectivity index (χ1v) is 41.7. The van der Waals surface area contributed by atoms with E-state index in [4.69, 9.17) is 4.74 Å². The average molecular weight is 1280 g/mol. The van der Waals surface area contributed by atoms with Gasteiger partial charge in [0.15, 0.2) is 0 Å². The van der Waals surface area contributed by atoms with Gasteiger partial charge < -0.3 is 20.3 Å². The van der Waals surface area contributed by atoms with Crippen molar-refractivity contribution in [2.45, 2.75) is 482 Å². The van der Waals surface area contributed by atoms with Gasteiger partial charge >= 0.3 is 5.97 Å². The van der Waals surface area contributed by atoms with Crippen molar-refractivity contribution < 1.29 is 24.5 Å². The quantitative estimate of drug-likeness (QED) is 0.0320. The van der Waals surface area contributed by atoms with E-state index < -0.39 is 12.1 Å². The first kappa shape index (κ1) is 89.1. The SMILES string of the molecule is CCCCC/C=C\C/C=C\CCCCCCCCCCCC(=O)OCCCCCCCCCCCCCCCC/C=C\CCCCCCCCCCCCCCCCCCCC(=O)NC(CO)C(O)CCCCCCCCCCCCCCCCCCCCCC. The highest BCUT2D eigenvalue weighted by molar-refractivity contribution is 5.76. The monoisotopic (exact) mass is 1280 g/mol. The largest absolute Gasteiger partial charge is 0.466 e. The summed E-state index contributed by atoms with van der Waals surface area (Å²) in [4.78, 5) is 24.7. The van der Waals surface area contributed by atoms with Gasteiger partial charge in [0.2, 0.25) is 5.91 Å². The van der Waals surface area contributed by atoms with Crippen molar-refractivity contribution in [3.05, 3.63) is 36.5 Å². The van der Waals surface area contributed by atoms with Gasteiger partial charge in [-0.2, -0.15) is 0 Å². The van der Waals surface area contributed by atoms with Crippen LogP contribution in [0.1, 0.15) is 470 Å². The number of aliphatic hydroxyl groups is 2. The van der Waals surface area contributed by atoms with Crippen LogP contribution < -0.4 is 5.32 Å². The van der Waals surface area contributed by atoms with Gasteiger partial charge in [-0.3, -0.25) is 9.59 Å². The molecule has 0 bridgehead atoms. The van der Waals surface area contributed by atoms with E-state index in [9.17, 15) is 19.8 Å². The third-order valence-electron chi connectivity index (χ3n) is 19.7. The Bertz CT molecular complexity index is 1470. The number of unbranched alkanes of at least 4 members (excludes halogenated alkanes) is 62. The number of amides is 1. The summed E-state index contributed by atoms with van der Waals surface area (Å²) in [5.74, 6) is -0.00901. The summed E-state index contributed by atoms with van der Waals surface area (Å²) < 4.78 is 5.52. The van der Waals surface area contributed by atoms with E-state index in [1.54, 1.807) is 0 Å². The molecule has 0 fully saturated rings. The second-order valence-electron chi connectivity index (χ2n) is 28.8. The minimum absolute atomic E-state index is 0.0173. The molecule has 3 N–H and O–H groups in total. The number of aliphatic hydroxyl groups excluding tert-OH is 2. The number of rotatable bonds is 79. The van der Waals surface area contributed by atoms with Crippen molar-refractivity contribution >= 4 is 11.9 Å². The van der Waals surface area contributed by atoms with Crippen molar-refractivity contribution in [1.29, 1.82) is 0 Å². The normalized spacial score (nSPS) is 12.6. The van der Waals surface area contributed by atoms with Crippen LogP contribution in [0.15, 0.2) is 36.5 Å². The van der Waals surface area contributed by atoms with E-state index in [1.165, 1.54) is 385 Å². The van der Waals surface area contributed by atoms with Gasteiger partial charge in [-0.15, -0.1) is 0 Å². The minimum Gasteiger partial charge on any atom is -0.466 e. The molecule has 0 aromatic rings. The minimum atomic E-state index is -0.663. The van der Waals surface area contributed by atoms with Crippen LogP contribution in [0.5, 0.6) is 0 Å². The molecule has 0 aliphatic rings. The zero-order valence-corrected chi connectivity index (χ0v) is 61.9. The van der Waals surface area contributed by atoms with E-state index in [-0.39, 0.29) is 18.5 Å². The zero-order valence-electron chi connectivity index (χ0n) is 61.9. The van der Waals surface area contributed by atoms with Gasteiger partial charge in [0.05, 0.1) is 25.4 Å². The Morgan fingerprint density at radius 2 is 0.549 bits per heavy atom. The van der Waals surface area contributed by atoms with E-state index in [2.05, 4.69) is 55.6 Å². The van der Waals surface area contributed by atoms with E-state index in [0.717, 1.165) is 51.4 Å². The maximum atomic E-state index is 12.6. The number of hydrogen-bond donors (Lipinski definition) is 3. The van der Waals surface area contributed by atoms with Crippen molar-refractivity contribution in [1.82, 2.24) is 5.32 Å². The third kappa shape index (κ3) is 77.0. The number of carbonyl (C=O) groups is 2. The molecule has 0 saturated heterocycles.